The SMILES string of the molecule is CCNC(c1cc(F)ccc1C)c1c(C)cc(C)cc1F. The van der Waals surface area contributed by atoms with E-state index in [9.17, 15) is 8.78 Å². The summed E-state index contributed by atoms with van der Waals surface area (Å²) in [7, 11) is 0. The highest BCUT2D eigenvalue weighted by molar-refractivity contribution is 5.42. The van der Waals surface area contributed by atoms with Crippen LogP contribution in [0.3, 0.4) is 0 Å². The molecule has 1 atom stereocenters. The Kier molecular flexibility index (Phi) is 4.73. The minimum absolute atomic E-state index is 0.248. The lowest BCUT2D eigenvalue weighted by atomic mass is 9.90. The fraction of sp³-hybridized carbons (Fsp3) is 0.333. The quantitative estimate of drug-likeness (QED) is 0.868. The van der Waals surface area contributed by atoms with E-state index in [0.717, 1.165) is 22.3 Å². The highest BCUT2D eigenvalue weighted by Crippen LogP contribution is 2.30. The van der Waals surface area contributed by atoms with Gasteiger partial charge in [0.2, 0.25) is 0 Å². The van der Waals surface area contributed by atoms with Gasteiger partial charge >= 0.3 is 0 Å². The molecule has 0 spiro atoms. The van der Waals surface area contributed by atoms with Crippen molar-refractivity contribution in [2.75, 3.05) is 6.54 Å². The van der Waals surface area contributed by atoms with Gasteiger partial charge in [-0.05, 0) is 67.8 Å². The molecule has 1 N–H and O–H groups in total. The van der Waals surface area contributed by atoms with Crippen LogP contribution in [0.2, 0.25) is 0 Å². The van der Waals surface area contributed by atoms with Gasteiger partial charge < -0.3 is 5.32 Å². The zero-order valence-electron chi connectivity index (χ0n) is 12.9. The summed E-state index contributed by atoms with van der Waals surface area (Å²) >= 11 is 0. The Hall–Kier alpha value is -1.74. The van der Waals surface area contributed by atoms with E-state index in [2.05, 4.69) is 5.32 Å². The molecule has 3 heteroatoms. The van der Waals surface area contributed by atoms with E-state index in [1.807, 2.05) is 33.8 Å². The average molecular weight is 289 g/mol. The third-order valence-corrected chi connectivity index (χ3v) is 3.73. The van der Waals surface area contributed by atoms with E-state index in [1.54, 1.807) is 6.07 Å². The molecule has 2 rings (SSSR count). The Morgan fingerprint density at radius 2 is 1.71 bits per heavy atom. The van der Waals surface area contributed by atoms with Crippen LogP contribution in [0.25, 0.3) is 0 Å². The molecule has 0 heterocycles. The molecule has 2 aromatic rings. The van der Waals surface area contributed by atoms with Crippen LogP contribution in [-0.4, -0.2) is 6.54 Å². The molecular weight excluding hydrogens is 268 g/mol. The Balaban J connectivity index is 2.61. The summed E-state index contributed by atoms with van der Waals surface area (Å²) in [5.41, 5.74) is 4.09. The van der Waals surface area contributed by atoms with Crippen molar-refractivity contribution in [2.45, 2.75) is 33.7 Å². The minimum Gasteiger partial charge on any atom is -0.306 e. The summed E-state index contributed by atoms with van der Waals surface area (Å²) in [6.07, 6.45) is 0. The van der Waals surface area contributed by atoms with E-state index >= 15 is 0 Å². The van der Waals surface area contributed by atoms with E-state index in [4.69, 9.17) is 0 Å². The molecule has 0 radical (unpaired) electrons. The summed E-state index contributed by atoms with van der Waals surface area (Å²) in [4.78, 5) is 0. The number of hydrogen-bond acceptors (Lipinski definition) is 1. The second kappa shape index (κ2) is 6.35. The van der Waals surface area contributed by atoms with Crippen LogP contribution in [0, 0.1) is 32.4 Å². The summed E-state index contributed by atoms with van der Waals surface area (Å²) in [5, 5.41) is 3.28. The van der Waals surface area contributed by atoms with Crippen molar-refractivity contribution in [1.82, 2.24) is 5.32 Å². The van der Waals surface area contributed by atoms with Crippen LogP contribution in [-0.2, 0) is 0 Å². The zero-order chi connectivity index (χ0) is 15.6. The molecule has 0 aromatic heterocycles. The van der Waals surface area contributed by atoms with Crippen molar-refractivity contribution >= 4 is 0 Å². The van der Waals surface area contributed by atoms with Gasteiger partial charge in [0.25, 0.3) is 0 Å². The fourth-order valence-electron chi connectivity index (χ4n) is 2.79. The van der Waals surface area contributed by atoms with Crippen molar-refractivity contribution in [3.8, 4) is 0 Å². The van der Waals surface area contributed by atoms with Crippen molar-refractivity contribution in [1.29, 1.82) is 0 Å². The van der Waals surface area contributed by atoms with E-state index in [0.29, 0.717) is 12.1 Å². The Bertz CT molecular complexity index is 627. The number of nitrogens with one attached hydrogen (secondary N) is 1. The number of aryl methyl sites for hydroxylation is 3. The van der Waals surface area contributed by atoms with Crippen molar-refractivity contribution in [2.24, 2.45) is 0 Å². The lowest BCUT2D eigenvalue weighted by Gasteiger charge is -2.23. The van der Waals surface area contributed by atoms with Crippen LogP contribution in [0.5, 0.6) is 0 Å². The smallest absolute Gasteiger partial charge is 0.128 e. The number of rotatable bonds is 4. The van der Waals surface area contributed by atoms with Crippen LogP contribution < -0.4 is 5.32 Å². The maximum Gasteiger partial charge on any atom is 0.128 e. The molecule has 0 saturated heterocycles. The minimum atomic E-state index is -0.341. The van der Waals surface area contributed by atoms with Gasteiger partial charge in [-0.25, -0.2) is 8.78 Å². The fourth-order valence-corrected chi connectivity index (χ4v) is 2.79. The first-order valence-corrected chi connectivity index (χ1v) is 7.20. The third-order valence-electron chi connectivity index (χ3n) is 3.73. The van der Waals surface area contributed by atoms with Gasteiger partial charge in [-0.15, -0.1) is 0 Å². The van der Waals surface area contributed by atoms with Gasteiger partial charge in [-0.2, -0.15) is 0 Å². The topological polar surface area (TPSA) is 12.0 Å². The molecule has 21 heavy (non-hydrogen) atoms. The van der Waals surface area contributed by atoms with Gasteiger partial charge in [0.1, 0.15) is 11.6 Å². The Labute approximate surface area is 125 Å². The Morgan fingerprint density at radius 1 is 1.00 bits per heavy atom. The van der Waals surface area contributed by atoms with Crippen LogP contribution in [0.1, 0.15) is 40.8 Å². The maximum atomic E-state index is 14.5. The molecule has 1 unspecified atom stereocenters. The van der Waals surface area contributed by atoms with E-state index in [1.165, 1.54) is 18.2 Å². The monoisotopic (exact) mass is 289 g/mol. The molecule has 0 saturated carbocycles. The van der Waals surface area contributed by atoms with Gasteiger partial charge in [-0.1, -0.05) is 19.1 Å². The standard InChI is InChI=1S/C18H21F2N/c1-5-21-18(15-10-14(19)7-6-12(15)3)17-13(4)8-11(2)9-16(17)20/h6-10,18,21H,5H2,1-4H3. The second-order valence-electron chi connectivity index (χ2n) is 5.47. The van der Waals surface area contributed by atoms with Gasteiger partial charge in [0.15, 0.2) is 0 Å². The first-order chi connectivity index (χ1) is 9.93. The molecule has 0 amide bonds. The van der Waals surface area contributed by atoms with Gasteiger partial charge in [0.05, 0.1) is 6.04 Å². The molecular formula is C18H21F2N. The average Bonchev–Trinajstić information content (AvgIpc) is 2.39. The highest BCUT2D eigenvalue weighted by Gasteiger charge is 2.21. The number of benzene rings is 2. The first kappa shape index (κ1) is 15.6. The van der Waals surface area contributed by atoms with Crippen LogP contribution in [0.4, 0.5) is 8.78 Å². The molecule has 0 bridgehead atoms. The molecule has 0 fully saturated rings. The van der Waals surface area contributed by atoms with E-state index in [-0.39, 0.29) is 17.7 Å². The maximum absolute atomic E-state index is 14.5. The number of hydrogen-bond donors (Lipinski definition) is 1. The predicted octanol–water partition coefficient (Wildman–Crippen LogP) is 4.59. The molecule has 0 aliphatic carbocycles. The Morgan fingerprint density at radius 3 is 2.33 bits per heavy atom. The molecule has 0 aliphatic rings. The van der Waals surface area contributed by atoms with Gasteiger partial charge in [0, 0.05) is 5.56 Å². The van der Waals surface area contributed by atoms with Crippen LogP contribution >= 0.6 is 0 Å². The highest BCUT2D eigenvalue weighted by atomic mass is 19.1. The number of halogens is 2. The zero-order valence-corrected chi connectivity index (χ0v) is 12.9. The first-order valence-electron chi connectivity index (χ1n) is 7.20. The van der Waals surface area contributed by atoms with Crippen molar-refractivity contribution < 1.29 is 8.78 Å². The molecule has 112 valence electrons. The third kappa shape index (κ3) is 3.30. The summed E-state index contributed by atoms with van der Waals surface area (Å²) < 4.78 is 28.1. The largest absolute Gasteiger partial charge is 0.306 e. The molecule has 1 nitrogen and oxygen atoms in total. The lowest BCUT2D eigenvalue weighted by Crippen LogP contribution is -2.25. The normalized spacial score (nSPS) is 12.5. The van der Waals surface area contributed by atoms with Crippen molar-refractivity contribution in [3.63, 3.8) is 0 Å². The van der Waals surface area contributed by atoms with E-state index < -0.39 is 0 Å². The molecule has 0 aliphatic heterocycles. The van der Waals surface area contributed by atoms with Gasteiger partial charge in [-0.3, -0.25) is 0 Å². The van der Waals surface area contributed by atoms with Crippen LogP contribution in [0.15, 0.2) is 30.3 Å². The summed E-state index contributed by atoms with van der Waals surface area (Å²) in [5.74, 6) is -0.550. The predicted molar refractivity (Wildman–Crippen MR) is 82.5 cm³/mol. The lowest BCUT2D eigenvalue weighted by molar-refractivity contribution is 0.549. The summed E-state index contributed by atoms with van der Waals surface area (Å²) in [6, 6.07) is 7.79. The summed E-state index contributed by atoms with van der Waals surface area (Å²) in [6.45, 7) is 8.32. The van der Waals surface area contributed by atoms with Crippen molar-refractivity contribution in [3.05, 3.63) is 69.8 Å². The molecule has 2 aromatic carbocycles. The second-order valence-corrected chi connectivity index (χ2v) is 5.47.